The third-order valence-corrected chi connectivity index (χ3v) is 3.39. The van der Waals surface area contributed by atoms with E-state index in [2.05, 4.69) is 5.32 Å². The number of ether oxygens (including phenoxy) is 1. The number of carboxylic acids is 1. The minimum absolute atomic E-state index is 0.163. The Morgan fingerprint density at radius 2 is 2.44 bits per heavy atom. The number of nitrogens with zero attached hydrogens (tertiary/aromatic N) is 1. The average molecular weight is 228 g/mol. The van der Waals surface area contributed by atoms with Crippen LogP contribution in [0.4, 0.5) is 4.79 Å². The van der Waals surface area contributed by atoms with Gasteiger partial charge < -0.3 is 20.1 Å². The van der Waals surface area contributed by atoms with Crippen molar-refractivity contribution in [1.29, 1.82) is 0 Å². The molecule has 2 rings (SSSR count). The summed E-state index contributed by atoms with van der Waals surface area (Å²) in [6.45, 7) is 3.36. The monoisotopic (exact) mass is 228 g/mol. The van der Waals surface area contributed by atoms with Gasteiger partial charge >= 0.3 is 12.0 Å². The molecule has 0 aromatic rings. The molecule has 2 heterocycles. The number of amides is 2. The molecule has 2 aliphatic rings. The van der Waals surface area contributed by atoms with Gasteiger partial charge in [-0.05, 0) is 13.3 Å². The summed E-state index contributed by atoms with van der Waals surface area (Å²) >= 11 is 0. The predicted octanol–water partition coefficient (Wildman–Crippen LogP) is -0.109. The lowest BCUT2D eigenvalue weighted by Crippen LogP contribution is -2.57. The standard InChI is InChI=1S/C10H16N2O4/c1-10(8(13)14)6-16-5-7(10)12-4-2-3-11-9(12)15/h7H,2-6H2,1H3,(H,11,15)(H,13,14). The van der Waals surface area contributed by atoms with E-state index in [9.17, 15) is 14.7 Å². The van der Waals surface area contributed by atoms with E-state index in [0.29, 0.717) is 19.7 Å². The minimum Gasteiger partial charge on any atom is -0.481 e. The quantitative estimate of drug-likeness (QED) is 0.691. The number of nitrogens with one attached hydrogen (secondary N) is 1. The summed E-state index contributed by atoms with van der Waals surface area (Å²) in [5, 5.41) is 11.9. The lowest BCUT2D eigenvalue weighted by molar-refractivity contribution is -0.150. The molecule has 2 N–H and O–H groups in total. The normalized spacial score (nSPS) is 34.9. The van der Waals surface area contributed by atoms with Crippen LogP contribution >= 0.6 is 0 Å². The minimum atomic E-state index is -0.991. The molecule has 2 saturated heterocycles. The molecule has 0 spiro atoms. The first-order valence-corrected chi connectivity index (χ1v) is 5.41. The largest absolute Gasteiger partial charge is 0.481 e. The average Bonchev–Trinajstić information content (AvgIpc) is 2.63. The predicted molar refractivity (Wildman–Crippen MR) is 55.1 cm³/mol. The lowest BCUT2D eigenvalue weighted by Gasteiger charge is -2.37. The zero-order valence-electron chi connectivity index (χ0n) is 9.23. The fourth-order valence-electron chi connectivity index (χ4n) is 2.25. The summed E-state index contributed by atoms with van der Waals surface area (Å²) in [5.74, 6) is -0.909. The van der Waals surface area contributed by atoms with Crippen molar-refractivity contribution in [2.24, 2.45) is 5.41 Å². The molecule has 2 atom stereocenters. The van der Waals surface area contributed by atoms with Gasteiger partial charge in [0, 0.05) is 13.1 Å². The van der Waals surface area contributed by atoms with Crippen molar-refractivity contribution in [3.05, 3.63) is 0 Å². The van der Waals surface area contributed by atoms with Crippen LogP contribution in [0.15, 0.2) is 0 Å². The third kappa shape index (κ3) is 1.63. The summed E-state index contributed by atoms with van der Waals surface area (Å²) in [5.41, 5.74) is -0.991. The first-order chi connectivity index (χ1) is 7.55. The van der Waals surface area contributed by atoms with E-state index < -0.39 is 11.4 Å². The number of carboxylic acid groups (broad SMARTS) is 1. The van der Waals surface area contributed by atoms with Gasteiger partial charge in [0.25, 0.3) is 0 Å². The summed E-state index contributed by atoms with van der Waals surface area (Å²) in [6, 6.07) is -0.556. The van der Waals surface area contributed by atoms with Crippen LogP contribution in [0.3, 0.4) is 0 Å². The van der Waals surface area contributed by atoms with Crippen LogP contribution in [0.2, 0.25) is 0 Å². The Bertz CT molecular complexity index is 320. The fraction of sp³-hybridized carbons (Fsp3) is 0.800. The Morgan fingerprint density at radius 3 is 3.06 bits per heavy atom. The highest BCUT2D eigenvalue weighted by Crippen LogP contribution is 2.33. The lowest BCUT2D eigenvalue weighted by atomic mass is 9.84. The number of carbonyl (C=O) groups is 2. The molecule has 90 valence electrons. The van der Waals surface area contributed by atoms with E-state index in [0.717, 1.165) is 6.42 Å². The highest BCUT2D eigenvalue weighted by Gasteiger charge is 2.50. The van der Waals surface area contributed by atoms with Crippen molar-refractivity contribution in [2.45, 2.75) is 19.4 Å². The Kier molecular flexibility index (Phi) is 2.75. The SMILES string of the molecule is CC1(C(=O)O)COCC1N1CCCNC1=O. The van der Waals surface area contributed by atoms with E-state index in [4.69, 9.17) is 4.74 Å². The molecule has 2 aliphatic heterocycles. The molecule has 0 aliphatic carbocycles. The van der Waals surface area contributed by atoms with Gasteiger partial charge in [-0.3, -0.25) is 4.79 Å². The van der Waals surface area contributed by atoms with Gasteiger partial charge in [-0.25, -0.2) is 4.79 Å². The van der Waals surface area contributed by atoms with E-state index in [-0.39, 0.29) is 18.7 Å². The topological polar surface area (TPSA) is 78.9 Å². The van der Waals surface area contributed by atoms with Crippen LogP contribution in [0.5, 0.6) is 0 Å². The highest BCUT2D eigenvalue weighted by molar-refractivity contribution is 5.79. The van der Waals surface area contributed by atoms with Crippen molar-refractivity contribution >= 4 is 12.0 Å². The molecule has 16 heavy (non-hydrogen) atoms. The molecule has 6 nitrogen and oxygen atoms in total. The van der Waals surface area contributed by atoms with E-state index in [1.165, 1.54) is 0 Å². The van der Waals surface area contributed by atoms with Crippen LogP contribution in [0.1, 0.15) is 13.3 Å². The number of rotatable bonds is 2. The smallest absolute Gasteiger partial charge is 0.317 e. The number of urea groups is 1. The molecule has 6 heteroatoms. The van der Waals surface area contributed by atoms with E-state index in [1.807, 2.05) is 0 Å². The summed E-state index contributed by atoms with van der Waals surface area (Å²) < 4.78 is 5.23. The zero-order valence-corrected chi connectivity index (χ0v) is 9.23. The van der Waals surface area contributed by atoms with Crippen molar-refractivity contribution in [3.8, 4) is 0 Å². The van der Waals surface area contributed by atoms with Gasteiger partial charge in [0.15, 0.2) is 0 Å². The van der Waals surface area contributed by atoms with Crippen LogP contribution in [0.25, 0.3) is 0 Å². The second-order valence-corrected chi connectivity index (χ2v) is 4.53. The molecule has 0 radical (unpaired) electrons. The molecule has 2 amide bonds. The summed E-state index contributed by atoms with van der Waals surface area (Å²) in [7, 11) is 0. The summed E-state index contributed by atoms with van der Waals surface area (Å²) in [6.07, 6.45) is 0.845. The van der Waals surface area contributed by atoms with Gasteiger partial charge in [-0.2, -0.15) is 0 Å². The van der Waals surface area contributed by atoms with Gasteiger partial charge in [-0.15, -0.1) is 0 Å². The Balaban J connectivity index is 2.19. The van der Waals surface area contributed by atoms with Gasteiger partial charge in [0.2, 0.25) is 0 Å². The summed E-state index contributed by atoms with van der Waals surface area (Å²) in [4.78, 5) is 24.5. The first-order valence-electron chi connectivity index (χ1n) is 5.41. The Hall–Kier alpha value is -1.30. The first kappa shape index (κ1) is 11.2. The van der Waals surface area contributed by atoms with Crippen molar-refractivity contribution in [1.82, 2.24) is 10.2 Å². The molecular weight excluding hydrogens is 212 g/mol. The molecular formula is C10H16N2O4. The van der Waals surface area contributed by atoms with E-state index >= 15 is 0 Å². The van der Waals surface area contributed by atoms with Crippen molar-refractivity contribution in [3.63, 3.8) is 0 Å². The highest BCUT2D eigenvalue weighted by atomic mass is 16.5. The number of hydrogen-bond donors (Lipinski definition) is 2. The number of carbonyl (C=O) groups excluding carboxylic acids is 1. The maximum absolute atomic E-state index is 11.7. The van der Waals surface area contributed by atoms with Gasteiger partial charge in [-0.1, -0.05) is 0 Å². The third-order valence-electron chi connectivity index (χ3n) is 3.39. The second kappa shape index (κ2) is 3.93. The number of hydrogen-bond acceptors (Lipinski definition) is 3. The maximum Gasteiger partial charge on any atom is 0.317 e. The number of aliphatic carboxylic acids is 1. The molecule has 0 aromatic heterocycles. The second-order valence-electron chi connectivity index (χ2n) is 4.53. The van der Waals surface area contributed by atoms with Crippen molar-refractivity contribution in [2.75, 3.05) is 26.3 Å². The molecule has 0 aromatic carbocycles. The fourth-order valence-corrected chi connectivity index (χ4v) is 2.25. The van der Waals surface area contributed by atoms with Crippen LogP contribution < -0.4 is 5.32 Å². The zero-order chi connectivity index (χ0) is 11.8. The van der Waals surface area contributed by atoms with Crippen LogP contribution in [0, 0.1) is 5.41 Å². The molecule has 0 bridgehead atoms. The van der Waals surface area contributed by atoms with Gasteiger partial charge in [0.1, 0.15) is 5.41 Å². The van der Waals surface area contributed by atoms with Gasteiger partial charge in [0.05, 0.1) is 19.3 Å². The Labute approximate surface area is 93.6 Å². The molecule has 2 unspecified atom stereocenters. The van der Waals surface area contributed by atoms with E-state index in [1.54, 1.807) is 11.8 Å². The Morgan fingerprint density at radius 1 is 1.69 bits per heavy atom. The van der Waals surface area contributed by atoms with Crippen molar-refractivity contribution < 1.29 is 19.4 Å². The van der Waals surface area contributed by atoms with Crippen LogP contribution in [-0.2, 0) is 9.53 Å². The van der Waals surface area contributed by atoms with Crippen LogP contribution in [-0.4, -0.2) is 54.4 Å². The molecule has 2 fully saturated rings. The molecule has 0 saturated carbocycles. The maximum atomic E-state index is 11.7.